The van der Waals surface area contributed by atoms with Crippen molar-refractivity contribution in [2.75, 3.05) is 17.9 Å². The number of pyridine rings is 1. The predicted octanol–water partition coefficient (Wildman–Crippen LogP) is 6.45. The van der Waals surface area contributed by atoms with Crippen LogP contribution in [0.4, 0.5) is 5.69 Å². The molecule has 0 atom stereocenters. The fraction of sp³-hybridized carbons (Fsp3) is 0.138. The number of benzene rings is 3. The minimum absolute atomic E-state index is 0.127. The first-order valence-corrected chi connectivity index (χ1v) is 12.5. The molecule has 3 aromatic carbocycles. The molecule has 0 saturated heterocycles. The Labute approximate surface area is 213 Å². The first kappa shape index (κ1) is 23.5. The summed E-state index contributed by atoms with van der Waals surface area (Å²) in [4.78, 5) is 17.4. The molecular formula is C29H23N3O3S. The summed E-state index contributed by atoms with van der Waals surface area (Å²) < 4.78 is 10.7. The van der Waals surface area contributed by atoms with Crippen molar-refractivity contribution >= 4 is 23.4 Å². The molecule has 7 heteroatoms. The first-order chi connectivity index (χ1) is 17.6. The average molecular weight is 494 g/mol. The van der Waals surface area contributed by atoms with E-state index in [1.165, 1.54) is 11.8 Å². The lowest BCUT2D eigenvalue weighted by molar-refractivity contribution is -0.115. The molecule has 5 rings (SSSR count). The molecule has 0 spiro atoms. The van der Waals surface area contributed by atoms with Gasteiger partial charge >= 0.3 is 0 Å². The van der Waals surface area contributed by atoms with Gasteiger partial charge in [0.1, 0.15) is 11.1 Å². The Morgan fingerprint density at radius 3 is 2.56 bits per heavy atom. The lowest BCUT2D eigenvalue weighted by Gasteiger charge is -2.13. The van der Waals surface area contributed by atoms with Gasteiger partial charge in [0.15, 0.2) is 11.5 Å². The zero-order valence-electron chi connectivity index (χ0n) is 19.7. The number of carbonyl (C=O) groups is 1. The molecular weight excluding hydrogens is 470 g/mol. The van der Waals surface area contributed by atoms with E-state index in [0.717, 1.165) is 27.9 Å². The third kappa shape index (κ3) is 5.19. The minimum atomic E-state index is -0.127. The molecule has 178 valence electrons. The molecule has 0 unspecified atom stereocenters. The number of aromatic nitrogens is 1. The summed E-state index contributed by atoms with van der Waals surface area (Å²) in [6.45, 7) is 2.22. The maximum atomic E-state index is 12.6. The Morgan fingerprint density at radius 1 is 1.00 bits per heavy atom. The third-order valence-electron chi connectivity index (χ3n) is 5.75. The largest absolute Gasteiger partial charge is 0.454 e. The van der Waals surface area contributed by atoms with Gasteiger partial charge in [-0.25, -0.2) is 4.98 Å². The molecule has 1 aliphatic heterocycles. The number of amides is 1. The quantitative estimate of drug-likeness (QED) is 0.298. The summed E-state index contributed by atoms with van der Waals surface area (Å²) in [5, 5.41) is 13.6. The lowest BCUT2D eigenvalue weighted by Crippen LogP contribution is -2.12. The molecule has 1 N–H and O–H groups in total. The summed E-state index contributed by atoms with van der Waals surface area (Å²) in [6.07, 6.45) is 0.265. The number of hydrogen-bond donors (Lipinski definition) is 1. The Kier molecular flexibility index (Phi) is 6.87. The molecule has 6 nitrogen and oxygen atoms in total. The van der Waals surface area contributed by atoms with Crippen molar-refractivity contribution in [1.82, 2.24) is 4.98 Å². The zero-order chi connectivity index (χ0) is 24.9. The minimum Gasteiger partial charge on any atom is -0.454 e. The molecule has 1 aromatic heterocycles. The SMILES string of the molecule is Cc1ccc(-c2cc(-c3ccccc3)nc(SCCC(=O)Nc3ccc4c(c3)OCO4)c2C#N)cc1. The highest BCUT2D eigenvalue weighted by atomic mass is 32.2. The lowest BCUT2D eigenvalue weighted by atomic mass is 9.98. The number of aryl methyl sites for hydroxylation is 1. The monoisotopic (exact) mass is 493 g/mol. The standard InChI is InChI=1S/C29H23N3O3S/c1-19-7-9-20(10-8-19)23-16-25(21-5-3-2-4-6-21)32-29(24(23)17-30)36-14-13-28(33)31-22-11-12-26-27(15-22)35-18-34-26/h2-12,15-16H,13-14,18H2,1H3,(H,31,33). The van der Waals surface area contributed by atoms with Crippen molar-refractivity contribution in [3.63, 3.8) is 0 Å². The zero-order valence-corrected chi connectivity index (χ0v) is 20.5. The summed E-state index contributed by atoms with van der Waals surface area (Å²) in [5.74, 6) is 1.63. The highest BCUT2D eigenvalue weighted by Gasteiger charge is 2.17. The summed E-state index contributed by atoms with van der Waals surface area (Å²) >= 11 is 1.41. The van der Waals surface area contributed by atoms with Crippen LogP contribution in [0.3, 0.4) is 0 Å². The Bertz CT molecular complexity index is 1450. The summed E-state index contributed by atoms with van der Waals surface area (Å²) in [5.41, 5.74) is 5.86. The number of thioether (sulfide) groups is 1. The van der Waals surface area contributed by atoms with Gasteiger partial charge in [-0.1, -0.05) is 60.2 Å². The van der Waals surface area contributed by atoms with E-state index in [1.807, 2.05) is 67.6 Å². The highest BCUT2D eigenvalue weighted by molar-refractivity contribution is 7.99. The molecule has 0 aliphatic carbocycles. The van der Waals surface area contributed by atoms with Crippen LogP contribution in [0.1, 0.15) is 17.5 Å². The van der Waals surface area contributed by atoms with E-state index >= 15 is 0 Å². The fourth-order valence-electron chi connectivity index (χ4n) is 3.89. The van der Waals surface area contributed by atoms with Crippen molar-refractivity contribution in [2.24, 2.45) is 0 Å². The topological polar surface area (TPSA) is 84.2 Å². The third-order valence-corrected chi connectivity index (χ3v) is 6.73. The van der Waals surface area contributed by atoms with Crippen LogP contribution < -0.4 is 14.8 Å². The second-order valence-corrected chi connectivity index (χ2v) is 9.38. The smallest absolute Gasteiger partial charge is 0.231 e. The van der Waals surface area contributed by atoms with Gasteiger partial charge in [0, 0.05) is 35.1 Å². The van der Waals surface area contributed by atoms with E-state index in [-0.39, 0.29) is 19.1 Å². The van der Waals surface area contributed by atoms with Crippen LogP contribution in [0.15, 0.2) is 83.9 Å². The molecule has 0 radical (unpaired) electrons. The molecule has 36 heavy (non-hydrogen) atoms. The van der Waals surface area contributed by atoms with Gasteiger partial charge in [0.2, 0.25) is 12.7 Å². The van der Waals surface area contributed by atoms with Gasteiger partial charge in [-0.05, 0) is 30.7 Å². The number of anilines is 1. The van der Waals surface area contributed by atoms with Crippen molar-refractivity contribution in [3.8, 4) is 40.0 Å². The van der Waals surface area contributed by atoms with Crippen LogP contribution in [-0.4, -0.2) is 23.4 Å². The van der Waals surface area contributed by atoms with Crippen LogP contribution in [0.5, 0.6) is 11.5 Å². The van der Waals surface area contributed by atoms with Crippen LogP contribution in [0.2, 0.25) is 0 Å². The van der Waals surface area contributed by atoms with Crippen LogP contribution in [0.25, 0.3) is 22.4 Å². The van der Waals surface area contributed by atoms with E-state index in [0.29, 0.717) is 33.5 Å². The van der Waals surface area contributed by atoms with Crippen molar-refractivity contribution < 1.29 is 14.3 Å². The Morgan fingerprint density at radius 2 is 1.78 bits per heavy atom. The van der Waals surface area contributed by atoms with Gasteiger partial charge in [-0.15, -0.1) is 11.8 Å². The van der Waals surface area contributed by atoms with Gasteiger partial charge < -0.3 is 14.8 Å². The molecule has 0 bridgehead atoms. The Balaban J connectivity index is 1.37. The molecule has 2 heterocycles. The van der Waals surface area contributed by atoms with E-state index in [1.54, 1.807) is 18.2 Å². The first-order valence-electron chi connectivity index (χ1n) is 11.5. The maximum Gasteiger partial charge on any atom is 0.231 e. The van der Waals surface area contributed by atoms with Crippen LogP contribution in [0, 0.1) is 18.3 Å². The number of rotatable bonds is 7. The molecule has 1 aliphatic rings. The van der Waals surface area contributed by atoms with Gasteiger partial charge in [-0.2, -0.15) is 5.26 Å². The van der Waals surface area contributed by atoms with Gasteiger partial charge in [0.05, 0.1) is 11.3 Å². The van der Waals surface area contributed by atoms with E-state index in [4.69, 9.17) is 14.5 Å². The number of nitrogens with one attached hydrogen (secondary N) is 1. The number of nitrogens with zero attached hydrogens (tertiary/aromatic N) is 2. The Hall–Kier alpha value is -4.28. The van der Waals surface area contributed by atoms with Crippen molar-refractivity contribution in [2.45, 2.75) is 18.4 Å². The average Bonchev–Trinajstić information content (AvgIpc) is 3.37. The predicted molar refractivity (Wildman–Crippen MR) is 141 cm³/mol. The molecule has 0 fully saturated rings. The summed E-state index contributed by atoms with van der Waals surface area (Å²) in [7, 11) is 0. The maximum absolute atomic E-state index is 12.6. The fourth-order valence-corrected chi connectivity index (χ4v) is 4.83. The number of hydrogen-bond acceptors (Lipinski definition) is 6. The van der Waals surface area contributed by atoms with Gasteiger partial charge in [0.25, 0.3) is 0 Å². The second-order valence-electron chi connectivity index (χ2n) is 8.29. The van der Waals surface area contributed by atoms with E-state index < -0.39 is 0 Å². The van der Waals surface area contributed by atoms with E-state index in [9.17, 15) is 10.1 Å². The van der Waals surface area contributed by atoms with Crippen molar-refractivity contribution in [3.05, 3.63) is 90.0 Å². The van der Waals surface area contributed by atoms with Crippen LogP contribution in [-0.2, 0) is 4.79 Å². The van der Waals surface area contributed by atoms with Crippen molar-refractivity contribution in [1.29, 1.82) is 5.26 Å². The number of nitriles is 1. The highest BCUT2D eigenvalue weighted by Crippen LogP contribution is 2.36. The molecule has 0 saturated carbocycles. The number of ether oxygens (including phenoxy) is 2. The molecule has 4 aromatic rings. The number of carbonyl (C=O) groups excluding carboxylic acids is 1. The van der Waals surface area contributed by atoms with Gasteiger partial charge in [-0.3, -0.25) is 4.79 Å². The molecule has 1 amide bonds. The van der Waals surface area contributed by atoms with Crippen LogP contribution >= 0.6 is 11.8 Å². The normalized spacial score (nSPS) is 11.7. The van der Waals surface area contributed by atoms with E-state index in [2.05, 4.69) is 11.4 Å². The second kappa shape index (κ2) is 10.5. The summed E-state index contributed by atoms with van der Waals surface area (Å²) in [6, 6.07) is 27.6. The number of fused-ring (bicyclic) bond motifs is 1.